The maximum Gasteiger partial charge on any atom is 0.126 e. The molecule has 4 nitrogen and oxygen atoms in total. The van der Waals surface area contributed by atoms with Crippen molar-refractivity contribution >= 4 is 0 Å². The Morgan fingerprint density at radius 1 is 1.38 bits per heavy atom. The second-order valence-electron chi connectivity index (χ2n) is 5.69. The molecule has 21 heavy (non-hydrogen) atoms. The van der Waals surface area contributed by atoms with Gasteiger partial charge in [-0.25, -0.2) is 0 Å². The largest absolute Gasteiger partial charge is 0.493 e. The molecule has 0 saturated heterocycles. The number of aryl methyl sites for hydroxylation is 2. The third-order valence-electron chi connectivity index (χ3n) is 4.20. The van der Waals surface area contributed by atoms with Crippen LogP contribution >= 0.6 is 0 Å². The molecule has 0 radical (unpaired) electrons. The van der Waals surface area contributed by atoms with Crippen LogP contribution in [-0.4, -0.2) is 22.9 Å². The molecule has 0 fully saturated rings. The Morgan fingerprint density at radius 2 is 2.29 bits per heavy atom. The number of rotatable bonds is 4. The number of ether oxygens (including phenoxy) is 1. The van der Waals surface area contributed by atoms with Gasteiger partial charge in [0.1, 0.15) is 5.75 Å². The summed E-state index contributed by atoms with van der Waals surface area (Å²) in [6, 6.07) is 8.90. The molecule has 0 spiro atoms. The number of hydrogen-bond donors (Lipinski definition) is 1. The molecular formula is C17H23N3O. The van der Waals surface area contributed by atoms with Gasteiger partial charge < -0.3 is 10.1 Å². The van der Waals surface area contributed by atoms with E-state index < -0.39 is 0 Å². The third-order valence-corrected chi connectivity index (χ3v) is 4.20. The summed E-state index contributed by atoms with van der Waals surface area (Å²) >= 11 is 0. The Kier molecular flexibility index (Phi) is 4.25. The van der Waals surface area contributed by atoms with Gasteiger partial charge in [0.05, 0.1) is 6.61 Å². The van der Waals surface area contributed by atoms with Gasteiger partial charge in [-0.2, -0.15) is 5.10 Å². The Morgan fingerprint density at radius 3 is 3.10 bits per heavy atom. The van der Waals surface area contributed by atoms with E-state index in [-0.39, 0.29) is 0 Å². The molecule has 1 aromatic carbocycles. The van der Waals surface area contributed by atoms with Crippen LogP contribution in [-0.2, 0) is 13.5 Å². The lowest BCUT2D eigenvalue weighted by molar-refractivity contribution is 0.313. The smallest absolute Gasteiger partial charge is 0.126 e. The van der Waals surface area contributed by atoms with E-state index >= 15 is 0 Å². The van der Waals surface area contributed by atoms with E-state index in [1.54, 1.807) is 0 Å². The Balaban J connectivity index is 1.68. The van der Waals surface area contributed by atoms with Crippen LogP contribution in [0.25, 0.3) is 0 Å². The summed E-state index contributed by atoms with van der Waals surface area (Å²) in [5.41, 5.74) is 3.79. The van der Waals surface area contributed by atoms with Gasteiger partial charge >= 0.3 is 0 Å². The Hall–Kier alpha value is -1.81. The molecule has 1 aliphatic heterocycles. The minimum atomic E-state index is 0.385. The van der Waals surface area contributed by atoms with Crippen LogP contribution in [0.4, 0.5) is 0 Å². The minimum Gasteiger partial charge on any atom is -0.493 e. The number of hydrogen-bond acceptors (Lipinski definition) is 3. The Bertz CT molecular complexity index is 606. The van der Waals surface area contributed by atoms with Gasteiger partial charge in [-0.15, -0.1) is 0 Å². The fourth-order valence-electron chi connectivity index (χ4n) is 3.00. The second kappa shape index (κ2) is 6.31. The minimum absolute atomic E-state index is 0.385. The number of benzene rings is 1. The van der Waals surface area contributed by atoms with Gasteiger partial charge in [-0.3, -0.25) is 4.68 Å². The lowest BCUT2D eigenvalue weighted by atomic mass is 9.99. The fraction of sp³-hybridized carbons (Fsp3) is 0.471. The lowest BCUT2D eigenvalue weighted by Gasteiger charge is -2.19. The van der Waals surface area contributed by atoms with Crippen molar-refractivity contribution < 1.29 is 4.74 Å². The maximum absolute atomic E-state index is 5.93. The van der Waals surface area contributed by atoms with Gasteiger partial charge in [0.2, 0.25) is 0 Å². The fourth-order valence-corrected chi connectivity index (χ4v) is 3.00. The van der Waals surface area contributed by atoms with E-state index in [0.717, 1.165) is 38.2 Å². The molecule has 4 heteroatoms. The summed E-state index contributed by atoms with van der Waals surface area (Å²) in [7, 11) is 1.99. The highest BCUT2D eigenvalue weighted by molar-refractivity contribution is 5.43. The molecule has 112 valence electrons. The number of nitrogens with one attached hydrogen (secondary N) is 1. The topological polar surface area (TPSA) is 39.1 Å². The third kappa shape index (κ3) is 3.10. The van der Waals surface area contributed by atoms with Crippen LogP contribution in [0.2, 0.25) is 0 Å². The first kappa shape index (κ1) is 14.1. The van der Waals surface area contributed by atoms with Crippen molar-refractivity contribution in [3.05, 3.63) is 47.3 Å². The molecule has 3 rings (SSSR count). The van der Waals surface area contributed by atoms with Crippen molar-refractivity contribution in [1.82, 2.24) is 15.1 Å². The monoisotopic (exact) mass is 285 g/mol. The van der Waals surface area contributed by atoms with Gasteiger partial charge in [0, 0.05) is 43.5 Å². The maximum atomic E-state index is 5.93. The molecule has 1 N–H and O–H groups in total. The summed E-state index contributed by atoms with van der Waals surface area (Å²) in [6.07, 6.45) is 5.07. The molecular weight excluding hydrogens is 262 g/mol. The van der Waals surface area contributed by atoms with E-state index in [1.165, 1.54) is 16.8 Å². The van der Waals surface area contributed by atoms with E-state index in [2.05, 4.69) is 41.6 Å². The van der Waals surface area contributed by atoms with Crippen LogP contribution < -0.4 is 10.1 Å². The highest BCUT2D eigenvalue weighted by Gasteiger charge is 2.20. The molecule has 1 aromatic heterocycles. The molecule has 1 aliphatic rings. The van der Waals surface area contributed by atoms with Crippen molar-refractivity contribution in [2.75, 3.05) is 13.2 Å². The number of fused-ring (bicyclic) bond motifs is 1. The standard InChI is InChI=1S/C17H23N3O/c1-13-5-3-6-15-16(7-4-12-21-17(13)15)18-10-8-14-9-11-19-20(14)2/h3,5-6,9,11,16,18H,4,7-8,10,12H2,1-2H3. The first-order valence-corrected chi connectivity index (χ1v) is 7.68. The van der Waals surface area contributed by atoms with E-state index in [1.807, 2.05) is 17.9 Å². The molecule has 0 saturated carbocycles. The van der Waals surface area contributed by atoms with Crippen molar-refractivity contribution in [3.8, 4) is 5.75 Å². The zero-order valence-corrected chi connectivity index (χ0v) is 12.8. The summed E-state index contributed by atoms with van der Waals surface area (Å²) in [4.78, 5) is 0. The van der Waals surface area contributed by atoms with Crippen LogP contribution in [0.5, 0.6) is 5.75 Å². The lowest BCUT2D eigenvalue weighted by Crippen LogP contribution is -2.24. The Labute approximate surface area is 126 Å². The van der Waals surface area contributed by atoms with Crippen molar-refractivity contribution in [1.29, 1.82) is 0 Å². The van der Waals surface area contributed by atoms with E-state index in [4.69, 9.17) is 4.74 Å². The van der Waals surface area contributed by atoms with Gasteiger partial charge in [0.15, 0.2) is 0 Å². The number of aromatic nitrogens is 2. The molecule has 0 bridgehead atoms. The van der Waals surface area contributed by atoms with E-state index in [0.29, 0.717) is 6.04 Å². The summed E-state index contributed by atoms with van der Waals surface area (Å²) < 4.78 is 7.87. The van der Waals surface area contributed by atoms with Crippen LogP contribution in [0, 0.1) is 6.92 Å². The summed E-state index contributed by atoms with van der Waals surface area (Å²) in [5.74, 6) is 1.08. The SMILES string of the molecule is Cc1cccc2c1OCCCC2NCCc1ccnn1C. The first-order valence-electron chi connectivity index (χ1n) is 7.68. The number of para-hydroxylation sites is 1. The van der Waals surface area contributed by atoms with E-state index in [9.17, 15) is 0 Å². The van der Waals surface area contributed by atoms with Gasteiger partial charge in [0.25, 0.3) is 0 Å². The summed E-state index contributed by atoms with van der Waals surface area (Å²) in [6.45, 7) is 3.90. The molecule has 2 heterocycles. The van der Waals surface area contributed by atoms with Crippen molar-refractivity contribution in [3.63, 3.8) is 0 Å². The zero-order valence-electron chi connectivity index (χ0n) is 12.8. The molecule has 1 atom stereocenters. The number of nitrogens with zero attached hydrogens (tertiary/aromatic N) is 2. The van der Waals surface area contributed by atoms with Crippen LogP contribution in [0.3, 0.4) is 0 Å². The quantitative estimate of drug-likeness (QED) is 0.939. The van der Waals surface area contributed by atoms with Gasteiger partial charge in [-0.1, -0.05) is 18.2 Å². The van der Waals surface area contributed by atoms with Crippen molar-refractivity contribution in [2.45, 2.75) is 32.2 Å². The molecule has 1 unspecified atom stereocenters. The van der Waals surface area contributed by atoms with Crippen LogP contribution in [0.15, 0.2) is 30.5 Å². The zero-order chi connectivity index (χ0) is 14.7. The summed E-state index contributed by atoms with van der Waals surface area (Å²) in [5, 5.41) is 7.90. The average molecular weight is 285 g/mol. The highest BCUT2D eigenvalue weighted by atomic mass is 16.5. The first-order chi connectivity index (χ1) is 10.3. The highest BCUT2D eigenvalue weighted by Crippen LogP contribution is 2.33. The predicted molar refractivity (Wildman–Crippen MR) is 83.6 cm³/mol. The molecule has 2 aromatic rings. The molecule has 0 amide bonds. The second-order valence-corrected chi connectivity index (χ2v) is 5.69. The predicted octanol–water partition coefficient (Wildman–Crippen LogP) is 2.77. The van der Waals surface area contributed by atoms with Crippen LogP contribution in [0.1, 0.15) is 35.7 Å². The average Bonchev–Trinajstić information content (AvgIpc) is 2.76. The van der Waals surface area contributed by atoms with Gasteiger partial charge in [-0.05, 0) is 31.4 Å². The normalized spacial score (nSPS) is 17.9. The molecule has 0 aliphatic carbocycles. The van der Waals surface area contributed by atoms with Crippen molar-refractivity contribution in [2.24, 2.45) is 7.05 Å².